The van der Waals surface area contributed by atoms with Crippen molar-refractivity contribution >= 4 is 23.6 Å². The number of likely N-dealkylation sites (tertiary alicyclic amines) is 1. The number of hydrogen-bond donors (Lipinski definition) is 9. The predicted octanol–water partition coefficient (Wildman–Crippen LogP) is 4.65. The lowest BCUT2D eigenvalue weighted by Gasteiger charge is -2.49. The summed E-state index contributed by atoms with van der Waals surface area (Å²) in [5.41, 5.74) is 1.79. The van der Waals surface area contributed by atoms with E-state index in [0.717, 1.165) is 38.5 Å². The molecule has 7 aromatic rings. The van der Waals surface area contributed by atoms with Crippen molar-refractivity contribution < 1.29 is 111 Å². The van der Waals surface area contributed by atoms with E-state index in [0.29, 0.717) is 29.8 Å². The highest BCUT2D eigenvalue weighted by molar-refractivity contribution is 5.89. The van der Waals surface area contributed by atoms with Gasteiger partial charge in [-0.2, -0.15) is 0 Å². The Kier molecular flexibility index (Phi) is 26.0. The van der Waals surface area contributed by atoms with Gasteiger partial charge in [-0.1, -0.05) is 109 Å². The molecule has 10 unspecified atom stereocenters. The van der Waals surface area contributed by atoms with Crippen LogP contribution in [-0.4, -0.2) is 257 Å². The molecular weight excluding hydrogens is 1480 g/mol. The number of aliphatic hydroxyl groups is 8. The van der Waals surface area contributed by atoms with Gasteiger partial charge in [-0.05, 0) is 113 Å². The summed E-state index contributed by atoms with van der Waals surface area (Å²) in [5, 5.41) is 122. The summed E-state index contributed by atoms with van der Waals surface area (Å²) in [6.45, 7) is 3.17. The van der Waals surface area contributed by atoms with Gasteiger partial charge in [0.25, 0.3) is 5.91 Å². The fourth-order valence-electron chi connectivity index (χ4n) is 16.7. The second kappa shape index (κ2) is 36.2. The number of esters is 1. The maximum Gasteiger partial charge on any atom is 0.338 e. The SMILES string of the molecule is CCC1O[C@@H](O[C@@H]2C[C@@H](C(=O)NCCCC(=O)C3C[C@@H](n4cc(-c5cccc(F)c5)nn4)C(O[C@@H]4OC(C)[C@@H](O)[C@H](O)C4O)[C@H](O[C@@H]4O[C@@H](CO)[C@H](O)C(O[C@@H](CC5CCCCC5)C(=O)N5CCC5)C4OC(=O)c4ccccc4)C3)CC(n3cc(-c4cccc(F)c4)nn3)C2O)C(O)[C@H](n2cc(-c3cccc(F)c3)nn2)[C@H]1O. The minimum Gasteiger partial charge on any atom is -0.450 e. The number of Topliss-reactive ketones (excluding diaryl/α,β-unsaturated/α-hetero) is 1. The van der Waals surface area contributed by atoms with Crippen molar-refractivity contribution in [1.82, 2.24) is 55.2 Å². The van der Waals surface area contributed by atoms with Gasteiger partial charge in [-0.3, -0.25) is 14.4 Å². The van der Waals surface area contributed by atoms with Gasteiger partial charge in [0.2, 0.25) is 5.91 Å². The van der Waals surface area contributed by atoms with Crippen molar-refractivity contribution in [1.29, 1.82) is 0 Å². The molecule has 2 amide bonds. The third-order valence-corrected chi connectivity index (χ3v) is 23.1. The second-order valence-corrected chi connectivity index (χ2v) is 30.6. The Morgan fingerprint density at radius 2 is 1.14 bits per heavy atom. The Morgan fingerprint density at radius 1 is 0.566 bits per heavy atom. The van der Waals surface area contributed by atoms with Gasteiger partial charge in [0.15, 0.2) is 25.0 Å². The minimum atomic E-state index is -1.91. The Labute approximate surface area is 648 Å². The number of carbonyl (C=O) groups is 4. The molecule has 4 aromatic carbocycles. The average Bonchev–Trinajstić information content (AvgIpc) is 1.68. The van der Waals surface area contributed by atoms with Crippen LogP contribution in [0, 0.1) is 35.2 Å². The number of halogens is 3. The summed E-state index contributed by atoms with van der Waals surface area (Å²) in [7, 11) is 0. The highest BCUT2D eigenvalue weighted by Gasteiger charge is 2.56. The van der Waals surface area contributed by atoms with Crippen LogP contribution in [0.2, 0.25) is 0 Å². The van der Waals surface area contributed by atoms with Crippen LogP contribution in [0.25, 0.3) is 33.8 Å². The fraction of sp³-hybridized carbons (Fsp3) is 0.570. The number of nitrogens with one attached hydrogen (secondary N) is 1. The van der Waals surface area contributed by atoms with Crippen LogP contribution >= 0.6 is 0 Å². The summed E-state index contributed by atoms with van der Waals surface area (Å²) < 4.78 is 100. The van der Waals surface area contributed by atoms with Gasteiger partial charge in [-0.25, -0.2) is 32.0 Å². The molecule has 31 nitrogen and oxygen atoms in total. The first-order valence-corrected chi connectivity index (χ1v) is 38.9. The molecule has 3 saturated carbocycles. The van der Waals surface area contributed by atoms with Gasteiger partial charge in [0.1, 0.15) is 114 Å². The van der Waals surface area contributed by atoms with E-state index < -0.39 is 182 Å². The van der Waals surface area contributed by atoms with Gasteiger partial charge in [0.05, 0.1) is 67.3 Å². The molecule has 7 fully saturated rings. The molecule has 608 valence electrons. The fourth-order valence-corrected chi connectivity index (χ4v) is 16.7. The first-order chi connectivity index (χ1) is 54.6. The van der Waals surface area contributed by atoms with Crippen LogP contribution < -0.4 is 5.32 Å². The Balaban J connectivity index is 0.749. The van der Waals surface area contributed by atoms with E-state index in [4.69, 9.17) is 37.9 Å². The van der Waals surface area contributed by atoms with E-state index in [2.05, 4.69) is 36.3 Å². The molecule has 4 aliphatic heterocycles. The molecule has 4 saturated heterocycles. The lowest BCUT2D eigenvalue weighted by molar-refractivity contribution is -0.348. The summed E-state index contributed by atoms with van der Waals surface area (Å²) >= 11 is 0. The van der Waals surface area contributed by atoms with Crippen LogP contribution in [0.15, 0.2) is 122 Å². The molecule has 0 spiro atoms. The topological polar surface area (TPSA) is 411 Å². The summed E-state index contributed by atoms with van der Waals surface area (Å²) in [6, 6.07) is 21.3. The largest absolute Gasteiger partial charge is 0.450 e. The summed E-state index contributed by atoms with van der Waals surface area (Å²) in [6.07, 6.45) is -19.7. The number of carbonyl (C=O) groups excluding carboxylic acids is 4. The number of benzene rings is 4. The zero-order chi connectivity index (χ0) is 79.3. The Bertz CT molecular complexity index is 4370. The Hall–Kier alpha value is -8.43. The van der Waals surface area contributed by atoms with E-state index in [1.54, 1.807) is 48.2 Å². The van der Waals surface area contributed by atoms with Crippen LogP contribution in [0.1, 0.15) is 132 Å². The molecule has 34 heteroatoms. The molecular formula is C79H96F3N11O20. The molecule has 24 atom stereocenters. The third-order valence-electron chi connectivity index (χ3n) is 23.1. The number of amides is 2. The number of nitrogens with zero attached hydrogens (tertiary/aromatic N) is 10. The molecule has 3 aromatic heterocycles. The van der Waals surface area contributed by atoms with Crippen LogP contribution in [0.5, 0.6) is 0 Å². The summed E-state index contributed by atoms with van der Waals surface area (Å²) in [4.78, 5) is 61.0. The van der Waals surface area contributed by atoms with Crippen molar-refractivity contribution in [2.75, 3.05) is 26.2 Å². The highest BCUT2D eigenvalue weighted by atomic mass is 19.1. The standard InChI is InChI=1S/C79H96F3N11O20/c1-3-58-66(98)63(93-39-54(86-89-93)46-21-12-24-51(82)32-46)68(100)77(108-58)109-59-36-48(34-55(65(59)97)91-37-52(84-87-91)44-19-10-22-49(80)30-44)74(103)83-26-13-25-57(95)47-33-56(92-38-53(85-88-92)45-20-11-23-50(81)31-45)71(113-78-70(102)69(101)64(96)41(2)106-78)60(35-47)110-79-73(112-76(105)43-17-8-5-9-18-43)72(67(99)62(40-94)111-79)107-61(75(104)90-27-14-28-90)29-42-15-6-4-7-16-42/h5,8-12,17-24,30-32,37-39,41-42,47-48,55-56,58-73,77-79,94,96-102H,3-4,6-7,13-16,25-29,33-36,40H2,1-2H3,(H,83,103)/t41?,47?,48-,55?,56+,58?,59+,60+,61-,62-,63+,64+,65?,66-,67-,68?,69-,70?,71?,72?,73?,77-,78-,79+/m0/s1. The van der Waals surface area contributed by atoms with Crippen molar-refractivity contribution in [3.63, 3.8) is 0 Å². The minimum absolute atomic E-state index is 0.0210. The normalized spacial score (nSPS) is 32.6. The maximum atomic E-state index is 15.4. The number of ether oxygens (including phenoxy) is 8. The van der Waals surface area contributed by atoms with Crippen molar-refractivity contribution in [3.05, 3.63) is 145 Å². The zero-order valence-corrected chi connectivity index (χ0v) is 62.3. The first kappa shape index (κ1) is 81.1. The molecule has 0 radical (unpaired) electrons. The van der Waals surface area contributed by atoms with E-state index in [1.165, 1.54) is 106 Å². The lowest BCUT2D eigenvalue weighted by Crippen LogP contribution is -2.64. The van der Waals surface area contributed by atoms with Crippen molar-refractivity contribution in [2.24, 2.45) is 17.8 Å². The molecule has 3 aliphatic carbocycles. The number of aromatic nitrogens is 9. The molecule has 14 rings (SSSR count). The third kappa shape index (κ3) is 18.3. The van der Waals surface area contributed by atoms with Gasteiger partial charge >= 0.3 is 5.97 Å². The number of hydrogen-bond acceptors (Lipinski definition) is 26. The average molecular weight is 1580 g/mol. The van der Waals surface area contributed by atoms with Gasteiger partial charge < -0.3 is 89.0 Å². The zero-order valence-electron chi connectivity index (χ0n) is 62.3. The molecule has 9 N–H and O–H groups in total. The smallest absolute Gasteiger partial charge is 0.338 e. The molecule has 7 aliphatic rings. The van der Waals surface area contributed by atoms with E-state index in [9.17, 15) is 68.4 Å². The van der Waals surface area contributed by atoms with Crippen LogP contribution in [0.3, 0.4) is 0 Å². The number of ketones is 1. The van der Waals surface area contributed by atoms with Gasteiger partial charge in [0, 0.05) is 54.6 Å². The van der Waals surface area contributed by atoms with Crippen molar-refractivity contribution in [2.45, 2.75) is 238 Å². The Morgan fingerprint density at radius 3 is 1.74 bits per heavy atom. The highest BCUT2D eigenvalue weighted by Crippen LogP contribution is 2.45. The molecule has 7 heterocycles. The quantitative estimate of drug-likeness (QED) is 0.0250. The predicted molar refractivity (Wildman–Crippen MR) is 388 cm³/mol. The van der Waals surface area contributed by atoms with E-state index >= 15 is 4.79 Å². The van der Waals surface area contributed by atoms with E-state index in [-0.39, 0.29) is 98.2 Å². The second-order valence-electron chi connectivity index (χ2n) is 30.6. The van der Waals surface area contributed by atoms with E-state index in [1.807, 2.05) is 0 Å². The number of aliphatic hydroxyl groups excluding tert-OH is 8. The lowest BCUT2D eigenvalue weighted by atomic mass is 9.78. The maximum absolute atomic E-state index is 15.4. The van der Waals surface area contributed by atoms with Crippen LogP contribution in [-0.2, 0) is 52.3 Å². The first-order valence-electron chi connectivity index (χ1n) is 38.9. The van der Waals surface area contributed by atoms with Crippen LogP contribution in [0.4, 0.5) is 13.2 Å². The monoisotopic (exact) mass is 1580 g/mol. The molecule has 0 bridgehead atoms. The molecule has 113 heavy (non-hydrogen) atoms. The summed E-state index contributed by atoms with van der Waals surface area (Å²) in [5.74, 6) is -5.79. The number of rotatable bonds is 27. The van der Waals surface area contributed by atoms with Crippen molar-refractivity contribution in [3.8, 4) is 33.8 Å². The van der Waals surface area contributed by atoms with Gasteiger partial charge in [-0.15, -0.1) is 15.3 Å².